The number of pyridine rings is 1. The van der Waals surface area contributed by atoms with Crippen LogP contribution in [0, 0.1) is 0 Å². The highest BCUT2D eigenvalue weighted by Gasteiger charge is 2.19. The van der Waals surface area contributed by atoms with Gasteiger partial charge < -0.3 is 21.3 Å². The monoisotopic (exact) mass is 511 g/mol. The van der Waals surface area contributed by atoms with Gasteiger partial charge in [0.05, 0.1) is 10.9 Å². The number of fused-ring (bicyclic) bond motifs is 1. The second-order valence-electron chi connectivity index (χ2n) is 8.28. The molecule has 3 aromatic rings. The number of carbonyl (C=O) groups is 1. The van der Waals surface area contributed by atoms with Crippen LogP contribution in [0.25, 0.3) is 27.7 Å². The van der Waals surface area contributed by atoms with Gasteiger partial charge >= 0.3 is 5.97 Å². The summed E-state index contributed by atoms with van der Waals surface area (Å²) in [4.78, 5) is 19.5. The smallest absolute Gasteiger partial charge is 0.303 e. The molecule has 36 heavy (non-hydrogen) atoms. The number of anilines is 2. The minimum atomic E-state index is -1.12. The van der Waals surface area contributed by atoms with Gasteiger partial charge in [0.25, 0.3) is 0 Å². The van der Waals surface area contributed by atoms with Crippen LogP contribution in [0.5, 0.6) is 0 Å². The van der Waals surface area contributed by atoms with E-state index in [1.54, 1.807) is 17.1 Å². The molecule has 2 heterocycles. The third-order valence-corrected chi connectivity index (χ3v) is 6.68. The number of aliphatic carboxylic acids is 1. The molecular formula is C25H33N7O3S. The molecule has 1 atom stereocenters. The van der Waals surface area contributed by atoms with Gasteiger partial charge in [-0.25, -0.2) is 9.19 Å². The lowest BCUT2D eigenvalue weighted by molar-refractivity contribution is -0.137. The third kappa shape index (κ3) is 6.69. The predicted octanol–water partition coefficient (Wildman–Crippen LogP) is 3.72. The minimum Gasteiger partial charge on any atom is -0.481 e. The number of carboxylic acid groups (broad SMARTS) is 1. The molecule has 6 N–H and O–H groups in total. The quantitative estimate of drug-likeness (QED) is 0.201. The number of benzene rings is 1. The summed E-state index contributed by atoms with van der Waals surface area (Å²) in [5.74, 6) is 0.122. The van der Waals surface area contributed by atoms with Crippen LogP contribution in [-0.2, 0) is 22.8 Å². The van der Waals surface area contributed by atoms with Crippen LogP contribution in [-0.4, -0.2) is 48.6 Å². The van der Waals surface area contributed by atoms with Gasteiger partial charge in [-0.2, -0.15) is 5.10 Å². The van der Waals surface area contributed by atoms with E-state index in [2.05, 4.69) is 14.7 Å². The third-order valence-electron chi connectivity index (χ3n) is 5.69. The molecule has 1 unspecified atom stereocenters. The molecule has 0 amide bonds. The number of allylic oxidation sites excluding steroid dienone is 1. The van der Waals surface area contributed by atoms with Crippen molar-refractivity contribution in [1.82, 2.24) is 14.8 Å². The van der Waals surface area contributed by atoms with E-state index in [0.29, 0.717) is 35.8 Å². The van der Waals surface area contributed by atoms with E-state index in [-0.39, 0.29) is 6.42 Å². The van der Waals surface area contributed by atoms with Crippen LogP contribution in [0.15, 0.2) is 41.7 Å². The summed E-state index contributed by atoms with van der Waals surface area (Å²) in [7, 11) is 0.725. The van der Waals surface area contributed by atoms with Crippen molar-refractivity contribution in [3.63, 3.8) is 0 Å². The first-order valence-electron chi connectivity index (χ1n) is 11.9. The maximum Gasteiger partial charge on any atom is 0.303 e. The number of aliphatic imine (C=N–C) groups is 1. The standard InChI is InChI=1S/C25H33N7O3S/c1-3-36(35)31-19-11-9-17(10-12-19)23-22-24(32(2)30-23)20(16-29-25(22)27)18(14-26)15-28-13-7-5-4-6-8-21(33)34/h9-12,14-16,31H,3-8,13,26H2,1-2H3,(H2,27,29)(H,33,34)/b18-14+,28-15?. The van der Waals surface area contributed by atoms with Crippen molar-refractivity contribution in [3.05, 3.63) is 42.2 Å². The van der Waals surface area contributed by atoms with E-state index in [4.69, 9.17) is 21.7 Å². The van der Waals surface area contributed by atoms with Gasteiger partial charge in [0.15, 0.2) is 0 Å². The van der Waals surface area contributed by atoms with Gasteiger partial charge in [-0.15, -0.1) is 0 Å². The van der Waals surface area contributed by atoms with E-state index in [9.17, 15) is 9.00 Å². The van der Waals surface area contributed by atoms with Crippen molar-refractivity contribution < 1.29 is 14.1 Å². The molecule has 0 spiro atoms. The molecule has 192 valence electrons. The highest BCUT2D eigenvalue weighted by Crippen LogP contribution is 2.35. The first-order chi connectivity index (χ1) is 17.3. The van der Waals surface area contributed by atoms with Crippen molar-refractivity contribution in [3.8, 4) is 11.3 Å². The molecule has 0 aliphatic heterocycles. The summed E-state index contributed by atoms with van der Waals surface area (Å²) < 4.78 is 16.5. The summed E-state index contributed by atoms with van der Waals surface area (Å²) in [6.07, 6.45) is 8.44. The molecule has 1 aromatic carbocycles. The van der Waals surface area contributed by atoms with Gasteiger partial charge in [-0.05, 0) is 25.0 Å². The summed E-state index contributed by atoms with van der Waals surface area (Å²) in [6, 6.07) is 7.52. The van der Waals surface area contributed by atoms with Gasteiger partial charge in [0.2, 0.25) is 0 Å². The fraction of sp³-hybridized carbons (Fsp3) is 0.360. The predicted molar refractivity (Wildman–Crippen MR) is 147 cm³/mol. The molecule has 0 aliphatic carbocycles. The van der Waals surface area contributed by atoms with Crippen molar-refractivity contribution in [2.45, 2.75) is 39.0 Å². The number of unbranched alkanes of at least 4 members (excludes halogenated alkanes) is 3. The van der Waals surface area contributed by atoms with Crippen molar-refractivity contribution >= 4 is 51.2 Å². The first kappa shape index (κ1) is 26.9. The Morgan fingerprint density at radius 1 is 1.22 bits per heavy atom. The molecule has 3 rings (SSSR count). The Labute approximate surface area is 213 Å². The van der Waals surface area contributed by atoms with Gasteiger partial charge in [-0.1, -0.05) is 31.9 Å². The molecule has 0 saturated carbocycles. The lowest BCUT2D eigenvalue weighted by Crippen LogP contribution is -2.05. The summed E-state index contributed by atoms with van der Waals surface area (Å²) in [6.45, 7) is 2.47. The Hall–Kier alpha value is -3.73. The normalized spacial score (nSPS) is 12.9. The van der Waals surface area contributed by atoms with E-state index < -0.39 is 17.0 Å². The van der Waals surface area contributed by atoms with Crippen LogP contribution in [0.2, 0.25) is 0 Å². The average Bonchev–Trinajstić information content (AvgIpc) is 3.22. The van der Waals surface area contributed by atoms with Gasteiger partial charge in [0.1, 0.15) is 22.5 Å². The van der Waals surface area contributed by atoms with Crippen LogP contribution in [0.4, 0.5) is 11.5 Å². The second kappa shape index (κ2) is 12.8. The van der Waals surface area contributed by atoms with Gasteiger partial charge in [0, 0.05) is 66.8 Å². The molecule has 0 saturated heterocycles. The summed E-state index contributed by atoms with van der Waals surface area (Å²) in [5, 5.41) is 14.1. The Kier molecular flexibility index (Phi) is 9.57. The number of nitrogens with one attached hydrogen (secondary N) is 1. The number of hydrogen-bond donors (Lipinski definition) is 4. The fourth-order valence-electron chi connectivity index (χ4n) is 3.85. The number of aromatic nitrogens is 3. The van der Waals surface area contributed by atoms with E-state index in [0.717, 1.165) is 47.0 Å². The number of hydrogen-bond acceptors (Lipinski definition) is 7. The lowest BCUT2D eigenvalue weighted by Gasteiger charge is -2.08. The Bertz CT molecular complexity index is 1280. The number of carboxylic acids is 1. The second-order valence-corrected chi connectivity index (χ2v) is 9.75. The van der Waals surface area contributed by atoms with Crippen LogP contribution in [0.3, 0.4) is 0 Å². The Morgan fingerprint density at radius 2 is 1.94 bits per heavy atom. The zero-order valence-electron chi connectivity index (χ0n) is 20.6. The van der Waals surface area contributed by atoms with Gasteiger partial charge in [-0.3, -0.25) is 14.5 Å². The first-order valence-corrected chi connectivity index (χ1v) is 13.2. The van der Waals surface area contributed by atoms with Crippen molar-refractivity contribution in [1.29, 1.82) is 0 Å². The highest BCUT2D eigenvalue weighted by molar-refractivity contribution is 7.86. The molecule has 0 bridgehead atoms. The van der Waals surface area contributed by atoms with Crippen LogP contribution >= 0.6 is 0 Å². The largest absolute Gasteiger partial charge is 0.481 e. The molecule has 0 fully saturated rings. The zero-order chi connectivity index (χ0) is 26.1. The lowest BCUT2D eigenvalue weighted by atomic mass is 10.0. The van der Waals surface area contributed by atoms with Crippen LogP contribution < -0.4 is 16.2 Å². The molecule has 10 nitrogen and oxygen atoms in total. The Morgan fingerprint density at radius 3 is 2.61 bits per heavy atom. The maximum absolute atomic E-state index is 11.8. The van der Waals surface area contributed by atoms with E-state index in [1.165, 1.54) is 6.20 Å². The molecule has 0 radical (unpaired) electrons. The number of aryl methyl sites for hydroxylation is 1. The number of nitrogen functional groups attached to an aromatic ring is 1. The molecule has 0 aliphatic rings. The zero-order valence-corrected chi connectivity index (χ0v) is 21.4. The highest BCUT2D eigenvalue weighted by atomic mass is 32.2. The van der Waals surface area contributed by atoms with Crippen molar-refractivity contribution in [2.24, 2.45) is 17.8 Å². The number of nitrogens with two attached hydrogens (primary N) is 2. The molecular weight excluding hydrogens is 478 g/mol. The average molecular weight is 512 g/mol. The number of nitrogens with zero attached hydrogens (tertiary/aromatic N) is 4. The topological polar surface area (TPSA) is 162 Å². The summed E-state index contributed by atoms with van der Waals surface area (Å²) in [5.41, 5.74) is 16.8. The van der Waals surface area contributed by atoms with Crippen LogP contribution in [0.1, 0.15) is 44.6 Å². The summed E-state index contributed by atoms with van der Waals surface area (Å²) >= 11 is 0. The maximum atomic E-state index is 11.8. The molecule has 2 aromatic heterocycles. The Balaban J connectivity index is 1.81. The SMILES string of the molecule is CCS(=O)Nc1ccc(-c2nn(C)c3c(/C(C=NCCCCCCC(=O)O)=C/N)cnc(N)c23)cc1. The van der Waals surface area contributed by atoms with E-state index >= 15 is 0 Å². The number of rotatable bonds is 13. The van der Waals surface area contributed by atoms with Crippen molar-refractivity contribution in [2.75, 3.05) is 22.8 Å². The molecule has 11 heteroatoms. The fourth-order valence-corrected chi connectivity index (χ4v) is 4.39. The minimum absolute atomic E-state index is 0.205. The van der Waals surface area contributed by atoms with E-state index in [1.807, 2.05) is 38.2 Å².